The Morgan fingerprint density at radius 3 is 2.36 bits per heavy atom. The summed E-state index contributed by atoms with van der Waals surface area (Å²) in [5.41, 5.74) is 1.65. The van der Waals surface area contributed by atoms with E-state index in [-0.39, 0.29) is 35.9 Å². The molecule has 3 fully saturated rings. The Balaban J connectivity index is 1.39. The maximum absolute atomic E-state index is 12.8. The van der Waals surface area contributed by atoms with Gasteiger partial charge in [0.2, 0.25) is 11.8 Å². The first-order chi connectivity index (χ1) is 12.1. The van der Waals surface area contributed by atoms with Crippen molar-refractivity contribution in [2.45, 2.75) is 31.6 Å². The first-order valence-electron chi connectivity index (χ1n) is 8.42. The monoisotopic (exact) mass is 401 g/mol. The molecule has 4 atom stereocenters. The molecule has 3 saturated heterocycles. The molecule has 2 amide bonds. The van der Waals surface area contributed by atoms with Crippen LogP contribution < -0.4 is 4.90 Å². The number of anilines is 1. The van der Waals surface area contributed by atoms with Crippen molar-refractivity contribution >= 4 is 33.4 Å². The molecule has 5 rings (SSSR count). The highest BCUT2D eigenvalue weighted by Crippen LogP contribution is 2.49. The normalized spacial score (nSPS) is 30.4. The number of ether oxygens (including phenoxy) is 1. The van der Waals surface area contributed by atoms with Crippen molar-refractivity contribution in [2.75, 3.05) is 4.90 Å². The summed E-state index contributed by atoms with van der Waals surface area (Å²) in [6, 6.07) is 7.97. The summed E-state index contributed by atoms with van der Waals surface area (Å²) in [7, 11) is 0. The van der Waals surface area contributed by atoms with Crippen molar-refractivity contribution < 1.29 is 14.3 Å². The van der Waals surface area contributed by atoms with Crippen LogP contribution in [0.2, 0.25) is 0 Å². The molecule has 2 aromatic rings. The molecular weight excluding hydrogens is 386 g/mol. The third-order valence-electron chi connectivity index (χ3n) is 5.42. The van der Waals surface area contributed by atoms with Crippen molar-refractivity contribution in [1.29, 1.82) is 0 Å². The van der Waals surface area contributed by atoms with Gasteiger partial charge in [0.05, 0.1) is 42.5 Å². The first kappa shape index (κ1) is 15.3. The largest absolute Gasteiger partial charge is 0.373 e. The lowest BCUT2D eigenvalue weighted by atomic mass is 9.81. The fraction of sp³-hybridized carbons (Fsp3) is 0.389. The van der Waals surface area contributed by atoms with E-state index in [4.69, 9.17) is 4.74 Å². The molecular formula is C18H16BrN3O3. The maximum atomic E-state index is 12.8. The molecule has 0 radical (unpaired) electrons. The van der Waals surface area contributed by atoms with Crippen LogP contribution in [-0.2, 0) is 20.9 Å². The molecule has 4 heterocycles. The molecule has 25 heavy (non-hydrogen) atoms. The summed E-state index contributed by atoms with van der Waals surface area (Å²) in [6.07, 6.45) is 4.94. The zero-order valence-electron chi connectivity index (χ0n) is 13.3. The van der Waals surface area contributed by atoms with E-state index in [1.165, 1.54) is 4.90 Å². The van der Waals surface area contributed by atoms with Crippen molar-refractivity contribution in [2.24, 2.45) is 11.8 Å². The van der Waals surface area contributed by atoms with Crippen molar-refractivity contribution in [3.8, 4) is 0 Å². The van der Waals surface area contributed by atoms with Crippen LogP contribution in [0.25, 0.3) is 0 Å². The van der Waals surface area contributed by atoms with Gasteiger partial charge in [0.25, 0.3) is 0 Å². The molecule has 3 aliphatic rings. The van der Waals surface area contributed by atoms with Gasteiger partial charge in [-0.1, -0.05) is 28.1 Å². The minimum Gasteiger partial charge on any atom is -0.373 e. The van der Waals surface area contributed by atoms with Crippen molar-refractivity contribution in [3.63, 3.8) is 0 Å². The summed E-state index contributed by atoms with van der Waals surface area (Å²) < 4.78 is 8.54. The van der Waals surface area contributed by atoms with Crippen LogP contribution in [0.4, 0.5) is 5.69 Å². The van der Waals surface area contributed by atoms with Crippen LogP contribution in [0.3, 0.4) is 0 Å². The third kappa shape index (κ3) is 2.29. The molecule has 0 N–H and O–H groups in total. The number of carbonyl (C=O) groups excluding carboxylic acids is 2. The summed E-state index contributed by atoms with van der Waals surface area (Å²) in [4.78, 5) is 26.9. The van der Waals surface area contributed by atoms with Crippen LogP contribution in [0, 0.1) is 11.8 Å². The number of amides is 2. The van der Waals surface area contributed by atoms with Crippen LogP contribution in [0.1, 0.15) is 18.4 Å². The minimum atomic E-state index is -0.305. The molecule has 0 aliphatic carbocycles. The first-order valence-corrected chi connectivity index (χ1v) is 9.21. The molecule has 3 aliphatic heterocycles. The molecule has 6 nitrogen and oxygen atoms in total. The Kier molecular flexibility index (Phi) is 3.36. The van der Waals surface area contributed by atoms with Gasteiger partial charge >= 0.3 is 0 Å². The predicted octanol–water partition coefficient (Wildman–Crippen LogP) is 2.36. The predicted molar refractivity (Wildman–Crippen MR) is 92.8 cm³/mol. The molecule has 7 heteroatoms. The number of aromatic nitrogens is 2. The van der Waals surface area contributed by atoms with Gasteiger partial charge in [0.15, 0.2) is 0 Å². The van der Waals surface area contributed by atoms with E-state index in [2.05, 4.69) is 21.0 Å². The standard InChI is InChI=1S/C18H16BrN3O3/c19-11-3-1-10(2-4-11)8-21-9-12(7-20-21)22-17(23)15-13-5-6-14(25-13)16(15)18(22)24/h1-4,7,9,13-16H,5-6,8H2/t13-,14+,15-,16-/m0/s1. The lowest BCUT2D eigenvalue weighted by Crippen LogP contribution is -2.33. The van der Waals surface area contributed by atoms with Crippen LogP contribution in [-0.4, -0.2) is 33.8 Å². The second-order valence-electron chi connectivity index (χ2n) is 6.88. The maximum Gasteiger partial charge on any atom is 0.240 e. The summed E-state index contributed by atoms with van der Waals surface area (Å²) in [6.45, 7) is 0.588. The van der Waals surface area contributed by atoms with E-state index in [0.717, 1.165) is 22.9 Å². The van der Waals surface area contributed by atoms with Crippen molar-refractivity contribution in [1.82, 2.24) is 9.78 Å². The lowest BCUT2D eigenvalue weighted by Gasteiger charge is -2.15. The fourth-order valence-corrected chi connectivity index (χ4v) is 4.56. The summed E-state index contributed by atoms with van der Waals surface area (Å²) >= 11 is 3.42. The van der Waals surface area contributed by atoms with Crippen LogP contribution >= 0.6 is 15.9 Å². The summed E-state index contributed by atoms with van der Waals surface area (Å²) in [5, 5.41) is 4.32. The van der Waals surface area contributed by atoms with Gasteiger partial charge < -0.3 is 4.74 Å². The number of fused-ring (bicyclic) bond motifs is 5. The van der Waals surface area contributed by atoms with E-state index < -0.39 is 0 Å². The second-order valence-corrected chi connectivity index (χ2v) is 7.79. The average molecular weight is 402 g/mol. The van der Waals surface area contributed by atoms with E-state index in [1.54, 1.807) is 17.1 Å². The molecule has 0 saturated carbocycles. The number of hydrogen-bond donors (Lipinski definition) is 0. The number of rotatable bonds is 3. The van der Waals surface area contributed by atoms with E-state index >= 15 is 0 Å². The molecule has 1 aromatic heterocycles. The highest BCUT2D eigenvalue weighted by atomic mass is 79.9. The van der Waals surface area contributed by atoms with E-state index in [1.807, 2.05) is 24.3 Å². The van der Waals surface area contributed by atoms with Crippen LogP contribution in [0.15, 0.2) is 41.1 Å². The van der Waals surface area contributed by atoms with Gasteiger partial charge in [0.1, 0.15) is 0 Å². The smallest absolute Gasteiger partial charge is 0.240 e. The highest BCUT2D eigenvalue weighted by molar-refractivity contribution is 9.10. The number of imide groups is 1. The molecule has 0 spiro atoms. The van der Waals surface area contributed by atoms with E-state index in [0.29, 0.717) is 12.2 Å². The SMILES string of the molecule is O=C1[C@@H]2[C@@H](C(=O)N1c1cnn(Cc3ccc(Br)cc3)c1)[C@H]1CC[C@@H]2O1. The zero-order valence-corrected chi connectivity index (χ0v) is 14.9. The Hall–Kier alpha value is -1.99. The Morgan fingerprint density at radius 2 is 1.72 bits per heavy atom. The summed E-state index contributed by atoms with van der Waals surface area (Å²) in [5.74, 6) is -0.877. The van der Waals surface area contributed by atoms with Gasteiger partial charge in [-0.25, -0.2) is 4.90 Å². The van der Waals surface area contributed by atoms with Gasteiger partial charge in [-0.2, -0.15) is 5.10 Å². The number of hydrogen-bond acceptors (Lipinski definition) is 4. The number of nitrogens with zero attached hydrogens (tertiary/aromatic N) is 3. The topological polar surface area (TPSA) is 64.4 Å². The Labute approximate surface area is 152 Å². The fourth-order valence-electron chi connectivity index (χ4n) is 4.30. The second kappa shape index (κ2) is 5.51. The third-order valence-corrected chi connectivity index (χ3v) is 5.95. The van der Waals surface area contributed by atoms with Gasteiger partial charge in [-0.15, -0.1) is 0 Å². The molecule has 1 aromatic carbocycles. The Bertz CT molecular complexity index is 835. The molecule has 2 bridgehead atoms. The number of carbonyl (C=O) groups is 2. The molecule has 128 valence electrons. The number of halogens is 1. The molecule has 0 unspecified atom stereocenters. The van der Waals surface area contributed by atoms with Crippen molar-refractivity contribution in [3.05, 3.63) is 46.7 Å². The number of benzene rings is 1. The zero-order chi connectivity index (χ0) is 17.1. The lowest BCUT2D eigenvalue weighted by molar-refractivity contribution is -0.124. The van der Waals surface area contributed by atoms with Gasteiger partial charge in [0, 0.05) is 10.7 Å². The van der Waals surface area contributed by atoms with Gasteiger partial charge in [-0.05, 0) is 30.5 Å². The quantitative estimate of drug-likeness (QED) is 0.740. The van der Waals surface area contributed by atoms with Crippen LogP contribution in [0.5, 0.6) is 0 Å². The minimum absolute atomic E-state index is 0.0886. The highest BCUT2D eigenvalue weighted by Gasteiger charge is 2.62. The van der Waals surface area contributed by atoms with Gasteiger partial charge in [-0.3, -0.25) is 14.3 Å². The average Bonchev–Trinajstić information content (AvgIpc) is 3.35. The Morgan fingerprint density at radius 1 is 1.08 bits per heavy atom. The van der Waals surface area contributed by atoms with E-state index in [9.17, 15) is 9.59 Å².